The molecule has 3 aliphatic heterocycles. The Labute approximate surface area is 358 Å². The number of ether oxygens (including phenoxy) is 3. The average Bonchev–Trinajstić information content (AvgIpc) is 3.76. The van der Waals surface area contributed by atoms with E-state index >= 15 is 0 Å². The van der Waals surface area contributed by atoms with Gasteiger partial charge in [-0.2, -0.15) is 5.26 Å². The summed E-state index contributed by atoms with van der Waals surface area (Å²) in [5.41, 5.74) is 7.96. The lowest BCUT2D eigenvalue weighted by Crippen LogP contribution is -2.52. The number of carbonyl (C=O) groups is 3. The number of amides is 3. The quantitative estimate of drug-likeness (QED) is 0.127. The van der Waals surface area contributed by atoms with Gasteiger partial charge in [0.25, 0.3) is 5.91 Å². The van der Waals surface area contributed by atoms with E-state index in [0.717, 1.165) is 83.1 Å². The first-order valence-corrected chi connectivity index (χ1v) is 21.1. The number of aromatic nitrogens is 3. The van der Waals surface area contributed by atoms with Crippen LogP contribution in [0.2, 0.25) is 0 Å². The Morgan fingerprint density at radius 2 is 1.68 bits per heavy atom. The molecule has 310 valence electrons. The van der Waals surface area contributed by atoms with Gasteiger partial charge in [0, 0.05) is 109 Å². The SMILES string of the molecule is Cn1c2ccncc2c2ccc(-c3ccc(O[C@H]4C[C@H](OC5CCN(c6cc(C#N)cc(C#CCOc7ccc8c(c7)CN(C7CCC(=O)NC7=O)C8=O)c6)CC5)C4)nc3)cc21. The van der Waals surface area contributed by atoms with E-state index in [1.54, 1.807) is 24.3 Å². The lowest BCUT2D eigenvalue weighted by molar-refractivity contribution is -0.136. The second kappa shape index (κ2) is 16.3. The van der Waals surface area contributed by atoms with Crippen LogP contribution in [-0.4, -0.2) is 81.2 Å². The zero-order valence-electron chi connectivity index (χ0n) is 34.2. The topological polar surface area (TPSA) is 152 Å². The minimum absolute atomic E-state index is 0.0785. The van der Waals surface area contributed by atoms with Crippen LogP contribution in [0.4, 0.5) is 5.69 Å². The molecular formula is C49H43N7O6. The van der Waals surface area contributed by atoms with Gasteiger partial charge in [0.15, 0.2) is 0 Å². The molecule has 0 spiro atoms. The minimum atomic E-state index is -0.670. The number of nitrogens with one attached hydrogen (secondary N) is 1. The summed E-state index contributed by atoms with van der Waals surface area (Å²) < 4.78 is 20.8. The Morgan fingerprint density at radius 3 is 2.48 bits per heavy atom. The van der Waals surface area contributed by atoms with Crippen molar-refractivity contribution in [3.63, 3.8) is 0 Å². The highest BCUT2D eigenvalue weighted by Crippen LogP contribution is 2.35. The first kappa shape index (κ1) is 38.9. The van der Waals surface area contributed by atoms with Crippen molar-refractivity contribution < 1.29 is 28.6 Å². The molecule has 3 aromatic carbocycles. The number of benzene rings is 3. The van der Waals surface area contributed by atoms with Crippen molar-refractivity contribution in [1.82, 2.24) is 24.8 Å². The zero-order chi connectivity index (χ0) is 42.3. The predicted molar refractivity (Wildman–Crippen MR) is 231 cm³/mol. The average molecular weight is 826 g/mol. The van der Waals surface area contributed by atoms with Crippen molar-refractivity contribution in [2.45, 2.75) is 69.4 Å². The highest BCUT2D eigenvalue weighted by Gasteiger charge is 2.39. The van der Waals surface area contributed by atoms with Crippen LogP contribution in [0.15, 0.2) is 91.4 Å². The largest absolute Gasteiger partial charge is 0.481 e. The third-order valence-electron chi connectivity index (χ3n) is 12.5. The molecule has 3 amide bonds. The number of aryl methyl sites for hydroxylation is 1. The summed E-state index contributed by atoms with van der Waals surface area (Å²) in [6, 6.07) is 25.1. The van der Waals surface area contributed by atoms with E-state index in [4.69, 9.17) is 14.2 Å². The van der Waals surface area contributed by atoms with Gasteiger partial charge in [-0.3, -0.25) is 24.7 Å². The fourth-order valence-corrected chi connectivity index (χ4v) is 9.10. The van der Waals surface area contributed by atoms with Gasteiger partial charge in [-0.15, -0.1) is 0 Å². The van der Waals surface area contributed by atoms with E-state index in [-0.39, 0.29) is 49.7 Å². The summed E-state index contributed by atoms with van der Waals surface area (Å²) >= 11 is 0. The Kier molecular flexibility index (Phi) is 10.3. The Balaban J connectivity index is 0.681. The van der Waals surface area contributed by atoms with Gasteiger partial charge >= 0.3 is 0 Å². The number of nitrogens with zero attached hydrogens (tertiary/aromatic N) is 6. The van der Waals surface area contributed by atoms with E-state index < -0.39 is 11.9 Å². The smallest absolute Gasteiger partial charge is 0.255 e. The molecule has 0 radical (unpaired) electrons. The van der Waals surface area contributed by atoms with E-state index in [1.165, 1.54) is 10.3 Å². The first-order chi connectivity index (χ1) is 30.3. The fraction of sp³-hybridized carbons (Fsp3) is 0.306. The summed E-state index contributed by atoms with van der Waals surface area (Å²) in [4.78, 5) is 49.7. The minimum Gasteiger partial charge on any atom is -0.481 e. The number of imide groups is 1. The molecule has 1 saturated carbocycles. The molecule has 3 aromatic heterocycles. The summed E-state index contributed by atoms with van der Waals surface area (Å²) in [6.07, 6.45) is 9.98. The van der Waals surface area contributed by atoms with E-state index in [0.29, 0.717) is 29.2 Å². The van der Waals surface area contributed by atoms with Gasteiger partial charge in [-0.1, -0.05) is 24.0 Å². The molecule has 62 heavy (non-hydrogen) atoms. The number of carbonyl (C=O) groups excluding carboxylic acids is 3. The van der Waals surface area contributed by atoms with Crippen LogP contribution < -0.4 is 19.7 Å². The molecule has 2 saturated heterocycles. The highest BCUT2D eigenvalue weighted by atomic mass is 16.5. The number of nitriles is 1. The number of fused-ring (bicyclic) bond motifs is 4. The highest BCUT2D eigenvalue weighted by molar-refractivity contribution is 6.08. The van der Waals surface area contributed by atoms with Gasteiger partial charge in [0.2, 0.25) is 17.7 Å². The van der Waals surface area contributed by atoms with E-state index in [1.807, 2.05) is 42.9 Å². The molecule has 1 atom stereocenters. The van der Waals surface area contributed by atoms with Crippen molar-refractivity contribution in [3.8, 4) is 40.7 Å². The Bertz CT molecular complexity index is 2860. The molecule has 6 heterocycles. The van der Waals surface area contributed by atoms with Crippen LogP contribution in [0.3, 0.4) is 0 Å². The normalized spacial score (nSPS) is 20.0. The van der Waals surface area contributed by atoms with Crippen LogP contribution in [0.5, 0.6) is 11.6 Å². The second-order valence-corrected chi connectivity index (χ2v) is 16.4. The van der Waals surface area contributed by atoms with E-state index in [9.17, 15) is 19.6 Å². The van der Waals surface area contributed by atoms with Crippen LogP contribution in [0, 0.1) is 23.2 Å². The molecule has 4 aliphatic rings. The maximum Gasteiger partial charge on any atom is 0.255 e. The van der Waals surface area contributed by atoms with Gasteiger partial charge in [0.1, 0.15) is 24.5 Å². The molecule has 6 aromatic rings. The van der Waals surface area contributed by atoms with Gasteiger partial charge in [-0.25, -0.2) is 4.98 Å². The zero-order valence-corrected chi connectivity index (χ0v) is 34.2. The number of anilines is 1. The summed E-state index contributed by atoms with van der Waals surface area (Å²) in [5.74, 6) is 6.40. The van der Waals surface area contributed by atoms with Gasteiger partial charge in [-0.05, 0) is 85.0 Å². The summed E-state index contributed by atoms with van der Waals surface area (Å²) in [6.45, 7) is 2.00. The molecule has 13 nitrogen and oxygen atoms in total. The number of piperidine rings is 2. The number of rotatable bonds is 9. The first-order valence-electron chi connectivity index (χ1n) is 21.1. The summed E-state index contributed by atoms with van der Waals surface area (Å²) in [5, 5.41) is 14.5. The van der Waals surface area contributed by atoms with Crippen molar-refractivity contribution >= 4 is 45.2 Å². The Hall–Kier alpha value is -7.22. The molecule has 3 fully saturated rings. The van der Waals surface area contributed by atoms with Gasteiger partial charge in [0.05, 0.1) is 29.4 Å². The lowest BCUT2D eigenvalue weighted by Gasteiger charge is -2.40. The number of hydrogen-bond acceptors (Lipinski definition) is 10. The van der Waals surface area contributed by atoms with Crippen molar-refractivity contribution in [3.05, 3.63) is 114 Å². The third-order valence-corrected chi connectivity index (χ3v) is 12.5. The fourth-order valence-electron chi connectivity index (χ4n) is 9.10. The molecule has 0 bridgehead atoms. The van der Waals surface area contributed by atoms with Crippen LogP contribution in [0.25, 0.3) is 32.9 Å². The molecular weight excluding hydrogens is 783 g/mol. The molecule has 13 heteroatoms. The van der Waals surface area contributed by atoms with Crippen molar-refractivity contribution in [2.24, 2.45) is 7.05 Å². The van der Waals surface area contributed by atoms with Gasteiger partial charge < -0.3 is 28.6 Å². The standard InChI is InChI=1S/C49H43N7O6/c1-54-43-12-15-51-28-42(43)41-7-4-32(23-45(41)54)33-5-11-47(52-27-33)62-39-24-38(25-39)61-36-13-16-55(17-14-36)35-20-30(19-31(21-35)26-50)3-2-18-60-37-6-8-40-34(22-37)29-56(49(40)59)44-9-10-46(57)53-48(44)58/h4-8,11-12,15,19-23,27-28,36,38-39,44H,9-10,13-14,16-18,24-25,29H2,1H3,(H,53,57,58)/t38-,39-,44?. The Morgan fingerprint density at radius 1 is 0.839 bits per heavy atom. The van der Waals surface area contributed by atoms with Crippen molar-refractivity contribution in [2.75, 3.05) is 24.6 Å². The number of hydrogen-bond donors (Lipinski definition) is 1. The maximum absolute atomic E-state index is 13.0. The summed E-state index contributed by atoms with van der Waals surface area (Å²) in [7, 11) is 2.08. The number of pyridine rings is 2. The second-order valence-electron chi connectivity index (χ2n) is 16.4. The molecule has 1 aliphatic carbocycles. The monoisotopic (exact) mass is 825 g/mol. The molecule has 1 unspecified atom stereocenters. The van der Waals surface area contributed by atoms with Crippen LogP contribution in [-0.2, 0) is 27.9 Å². The predicted octanol–water partition coefficient (Wildman–Crippen LogP) is 6.45. The maximum atomic E-state index is 13.0. The van der Waals surface area contributed by atoms with Crippen LogP contribution >= 0.6 is 0 Å². The van der Waals surface area contributed by atoms with E-state index in [2.05, 4.69) is 74.0 Å². The van der Waals surface area contributed by atoms with Crippen molar-refractivity contribution in [1.29, 1.82) is 5.26 Å². The van der Waals surface area contributed by atoms with Crippen LogP contribution in [0.1, 0.15) is 65.6 Å². The molecule has 1 N–H and O–H groups in total. The third kappa shape index (κ3) is 7.68. The lowest BCUT2D eigenvalue weighted by atomic mass is 9.91. The molecule has 10 rings (SSSR count).